The van der Waals surface area contributed by atoms with Crippen LogP contribution in [0, 0.1) is 11.8 Å². The molecule has 0 saturated carbocycles. The summed E-state index contributed by atoms with van der Waals surface area (Å²) in [5, 5.41) is 0. The average molecular weight is 389 g/mol. The molecule has 0 aromatic heterocycles. The van der Waals surface area contributed by atoms with Gasteiger partial charge in [-0.15, -0.1) is 0 Å². The topological polar surface area (TPSA) is 52.6 Å². The van der Waals surface area contributed by atoms with E-state index in [-0.39, 0.29) is 36.0 Å². The van der Waals surface area contributed by atoms with Crippen LogP contribution in [0.5, 0.6) is 0 Å². The second-order valence-electron chi connectivity index (χ2n) is 8.13. The van der Waals surface area contributed by atoms with E-state index in [2.05, 4.69) is 39.5 Å². The Morgan fingerprint density at radius 1 is 1.25 bits per heavy atom. The third kappa shape index (κ3) is 9.72. The van der Waals surface area contributed by atoms with Crippen LogP contribution >= 0.6 is 0 Å². The molecule has 0 aliphatic carbocycles. The lowest BCUT2D eigenvalue weighted by molar-refractivity contribution is -0.151. The molecule has 0 radical (unpaired) electrons. The Balaban J connectivity index is 2.75. The van der Waals surface area contributed by atoms with Crippen LogP contribution in [-0.2, 0) is 19.1 Å². The quantitative estimate of drug-likeness (QED) is 0.262. The number of rotatable bonds is 5. The highest BCUT2D eigenvalue weighted by Crippen LogP contribution is 2.22. The SMILES string of the molecule is C=C(C)/C=C(C)/C=C/C(=O)O[C@H]1CCCC(=O)O[C@@H](C(C)C)C/C=C/C[C@@H]1C. The van der Waals surface area contributed by atoms with Crippen molar-refractivity contribution in [2.24, 2.45) is 11.8 Å². The fourth-order valence-electron chi connectivity index (χ4n) is 3.11. The molecule has 0 aromatic rings. The van der Waals surface area contributed by atoms with Gasteiger partial charge in [0.25, 0.3) is 0 Å². The first-order valence-corrected chi connectivity index (χ1v) is 10.3. The number of cyclic esters (lactones) is 1. The summed E-state index contributed by atoms with van der Waals surface area (Å²) in [6.07, 6.45) is 12.2. The Labute approximate surface area is 170 Å². The fraction of sp³-hybridized carbons (Fsp3) is 0.583. The molecular weight excluding hydrogens is 352 g/mol. The molecule has 0 spiro atoms. The van der Waals surface area contributed by atoms with Crippen LogP contribution < -0.4 is 0 Å². The standard InChI is InChI=1S/C24H36O4/c1-17(2)16-19(5)14-15-24(26)28-22-12-9-13-23(25)27-21(18(3)4)11-8-7-10-20(22)6/h7-8,14-16,18,20-22H,1,9-13H2,2-6H3/b8-7+,15-14+,19-16+/t20-,21+,22-/m0/s1. The van der Waals surface area contributed by atoms with Crippen molar-refractivity contribution >= 4 is 11.9 Å². The lowest BCUT2D eigenvalue weighted by atomic mass is 9.94. The molecule has 0 aromatic carbocycles. The number of carbonyl (C=O) groups is 2. The molecule has 156 valence electrons. The molecule has 3 atom stereocenters. The number of allylic oxidation sites excluding steroid dienone is 5. The van der Waals surface area contributed by atoms with Gasteiger partial charge in [0, 0.05) is 18.9 Å². The highest BCUT2D eigenvalue weighted by molar-refractivity contribution is 5.82. The van der Waals surface area contributed by atoms with E-state index in [4.69, 9.17) is 9.47 Å². The number of carbonyl (C=O) groups excluding carboxylic acids is 2. The normalized spacial score (nSPS) is 26.3. The molecule has 1 aliphatic rings. The van der Waals surface area contributed by atoms with Gasteiger partial charge >= 0.3 is 11.9 Å². The number of ether oxygens (including phenoxy) is 2. The van der Waals surface area contributed by atoms with Crippen molar-refractivity contribution in [2.45, 2.75) is 78.9 Å². The summed E-state index contributed by atoms with van der Waals surface area (Å²) in [7, 11) is 0. The van der Waals surface area contributed by atoms with Crippen molar-refractivity contribution < 1.29 is 19.1 Å². The van der Waals surface area contributed by atoms with E-state index in [1.165, 1.54) is 6.08 Å². The molecule has 1 heterocycles. The lowest BCUT2D eigenvalue weighted by Gasteiger charge is -2.24. The van der Waals surface area contributed by atoms with Crippen molar-refractivity contribution in [3.63, 3.8) is 0 Å². The monoisotopic (exact) mass is 388 g/mol. The van der Waals surface area contributed by atoms with Crippen LogP contribution in [0.2, 0.25) is 0 Å². The van der Waals surface area contributed by atoms with Crippen molar-refractivity contribution in [3.8, 4) is 0 Å². The molecule has 0 unspecified atom stereocenters. The van der Waals surface area contributed by atoms with Crippen LogP contribution in [-0.4, -0.2) is 24.1 Å². The maximum absolute atomic E-state index is 12.2. The Morgan fingerprint density at radius 2 is 1.93 bits per heavy atom. The summed E-state index contributed by atoms with van der Waals surface area (Å²) in [4.78, 5) is 24.3. The van der Waals surface area contributed by atoms with Crippen molar-refractivity contribution in [1.29, 1.82) is 0 Å². The Kier molecular flexibility index (Phi) is 10.6. The first-order valence-electron chi connectivity index (χ1n) is 10.3. The minimum absolute atomic E-state index is 0.0762. The zero-order valence-electron chi connectivity index (χ0n) is 18.1. The second kappa shape index (κ2) is 12.4. The number of esters is 2. The zero-order chi connectivity index (χ0) is 21.1. The fourth-order valence-corrected chi connectivity index (χ4v) is 3.11. The van der Waals surface area contributed by atoms with Crippen molar-refractivity contribution in [3.05, 3.63) is 48.1 Å². The minimum Gasteiger partial charge on any atom is -0.462 e. The highest BCUT2D eigenvalue weighted by Gasteiger charge is 2.22. The maximum Gasteiger partial charge on any atom is 0.331 e. The molecule has 1 aliphatic heterocycles. The molecule has 0 amide bonds. The summed E-state index contributed by atoms with van der Waals surface area (Å²) in [6, 6.07) is 0. The van der Waals surface area contributed by atoms with Gasteiger partial charge in [-0.1, -0.05) is 62.8 Å². The molecule has 1 rings (SSSR count). The summed E-state index contributed by atoms with van der Waals surface area (Å²) in [6.45, 7) is 13.9. The van der Waals surface area contributed by atoms with Gasteiger partial charge < -0.3 is 9.47 Å². The largest absolute Gasteiger partial charge is 0.462 e. The minimum atomic E-state index is -0.357. The van der Waals surface area contributed by atoms with E-state index in [9.17, 15) is 9.59 Å². The van der Waals surface area contributed by atoms with Gasteiger partial charge in [0.2, 0.25) is 0 Å². The van der Waals surface area contributed by atoms with Crippen LogP contribution in [0.25, 0.3) is 0 Å². The van der Waals surface area contributed by atoms with Crippen LogP contribution in [0.15, 0.2) is 48.1 Å². The Morgan fingerprint density at radius 3 is 2.57 bits per heavy atom. The van der Waals surface area contributed by atoms with E-state index in [0.29, 0.717) is 19.3 Å². The molecular formula is C24H36O4. The summed E-state index contributed by atoms with van der Waals surface area (Å²) >= 11 is 0. The van der Waals surface area contributed by atoms with Crippen molar-refractivity contribution in [2.75, 3.05) is 0 Å². The zero-order valence-corrected chi connectivity index (χ0v) is 18.1. The number of hydrogen-bond donors (Lipinski definition) is 0. The predicted octanol–water partition coefficient (Wildman–Crippen LogP) is 5.70. The van der Waals surface area contributed by atoms with Gasteiger partial charge in [0.1, 0.15) is 12.2 Å². The van der Waals surface area contributed by atoms with Gasteiger partial charge in [0.05, 0.1) is 0 Å². The maximum atomic E-state index is 12.2. The van der Waals surface area contributed by atoms with E-state index >= 15 is 0 Å². The van der Waals surface area contributed by atoms with Gasteiger partial charge in [-0.2, -0.15) is 0 Å². The Bertz CT molecular complexity index is 625. The molecule has 0 bridgehead atoms. The van der Waals surface area contributed by atoms with E-state index in [0.717, 1.165) is 24.0 Å². The van der Waals surface area contributed by atoms with Gasteiger partial charge in [-0.05, 0) is 44.9 Å². The van der Waals surface area contributed by atoms with Crippen molar-refractivity contribution in [1.82, 2.24) is 0 Å². The van der Waals surface area contributed by atoms with Crippen LogP contribution in [0.3, 0.4) is 0 Å². The third-order valence-electron chi connectivity index (χ3n) is 4.80. The first kappa shape index (κ1) is 23.9. The summed E-state index contributed by atoms with van der Waals surface area (Å²) in [5.74, 6) is -0.0545. The summed E-state index contributed by atoms with van der Waals surface area (Å²) in [5.41, 5.74) is 1.88. The molecule has 0 saturated heterocycles. The van der Waals surface area contributed by atoms with Gasteiger partial charge in [-0.25, -0.2) is 4.79 Å². The number of hydrogen-bond acceptors (Lipinski definition) is 4. The smallest absolute Gasteiger partial charge is 0.331 e. The molecule has 0 N–H and O–H groups in total. The van der Waals surface area contributed by atoms with Gasteiger partial charge in [-0.3, -0.25) is 4.79 Å². The van der Waals surface area contributed by atoms with E-state index < -0.39 is 0 Å². The predicted molar refractivity (Wildman–Crippen MR) is 114 cm³/mol. The molecule has 4 nitrogen and oxygen atoms in total. The molecule has 4 heteroatoms. The van der Waals surface area contributed by atoms with E-state index in [1.807, 2.05) is 19.9 Å². The third-order valence-corrected chi connectivity index (χ3v) is 4.80. The second-order valence-corrected chi connectivity index (χ2v) is 8.13. The lowest BCUT2D eigenvalue weighted by Crippen LogP contribution is -2.26. The van der Waals surface area contributed by atoms with Crippen LogP contribution in [0.1, 0.15) is 66.7 Å². The van der Waals surface area contributed by atoms with Gasteiger partial charge in [0.15, 0.2) is 0 Å². The highest BCUT2D eigenvalue weighted by atomic mass is 16.5. The first-order chi connectivity index (χ1) is 13.2. The molecule has 28 heavy (non-hydrogen) atoms. The molecule has 0 fully saturated rings. The Hall–Kier alpha value is -2.10. The summed E-state index contributed by atoms with van der Waals surface area (Å²) < 4.78 is 11.3. The average Bonchev–Trinajstić information content (AvgIpc) is 2.59. The van der Waals surface area contributed by atoms with E-state index in [1.54, 1.807) is 6.08 Å². The van der Waals surface area contributed by atoms with Crippen LogP contribution in [0.4, 0.5) is 0 Å².